The molecule has 1 aromatic heterocycles. The molecule has 0 aliphatic carbocycles. The molecule has 0 unspecified atom stereocenters. The van der Waals surface area contributed by atoms with E-state index in [0.717, 1.165) is 28.1 Å². The largest absolute Gasteiger partial charge is 0.369 e. The van der Waals surface area contributed by atoms with Crippen LogP contribution in [0.3, 0.4) is 0 Å². The summed E-state index contributed by atoms with van der Waals surface area (Å²) in [5, 5.41) is 4.21. The standard InChI is InChI=1S/C16H20Cl2N2S/c1-11(2)19-9-12-4-5-13(17)8-15(12)20(3)10-14-6-7-16(18)21-14/h4-8,11,19H,9-10H2,1-3H3. The van der Waals surface area contributed by atoms with E-state index in [1.54, 1.807) is 11.3 Å². The van der Waals surface area contributed by atoms with Crippen molar-refractivity contribution < 1.29 is 0 Å². The van der Waals surface area contributed by atoms with E-state index < -0.39 is 0 Å². The van der Waals surface area contributed by atoms with Crippen LogP contribution in [0.25, 0.3) is 0 Å². The molecular weight excluding hydrogens is 323 g/mol. The van der Waals surface area contributed by atoms with Gasteiger partial charge < -0.3 is 10.2 Å². The molecule has 0 saturated heterocycles. The van der Waals surface area contributed by atoms with Gasteiger partial charge in [0.2, 0.25) is 0 Å². The molecule has 0 amide bonds. The molecule has 1 N–H and O–H groups in total. The van der Waals surface area contributed by atoms with E-state index in [0.29, 0.717) is 6.04 Å². The highest BCUT2D eigenvalue weighted by Gasteiger charge is 2.10. The second-order valence-electron chi connectivity index (χ2n) is 5.37. The van der Waals surface area contributed by atoms with Crippen molar-refractivity contribution >= 4 is 40.2 Å². The Kier molecular flexibility index (Phi) is 5.94. The highest BCUT2D eigenvalue weighted by atomic mass is 35.5. The second-order valence-corrected chi connectivity index (χ2v) is 7.61. The fourth-order valence-electron chi connectivity index (χ4n) is 2.11. The maximum atomic E-state index is 6.17. The van der Waals surface area contributed by atoms with Gasteiger partial charge in [0.25, 0.3) is 0 Å². The molecule has 0 bridgehead atoms. The van der Waals surface area contributed by atoms with Crippen LogP contribution in [0.1, 0.15) is 24.3 Å². The lowest BCUT2D eigenvalue weighted by molar-refractivity contribution is 0.588. The van der Waals surface area contributed by atoms with E-state index in [9.17, 15) is 0 Å². The fraction of sp³-hybridized carbons (Fsp3) is 0.375. The summed E-state index contributed by atoms with van der Waals surface area (Å²) in [6, 6.07) is 10.5. The molecule has 0 spiro atoms. The topological polar surface area (TPSA) is 15.3 Å². The smallest absolute Gasteiger partial charge is 0.0931 e. The summed E-state index contributed by atoms with van der Waals surface area (Å²) >= 11 is 13.8. The monoisotopic (exact) mass is 342 g/mol. The summed E-state index contributed by atoms with van der Waals surface area (Å²) in [6.07, 6.45) is 0. The predicted octanol–water partition coefficient (Wildman–Crippen LogP) is 5.19. The SMILES string of the molecule is CC(C)NCc1ccc(Cl)cc1N(C)Cc1ccc(Cl)s1. The zero-order valence-corrected chi connectivity index (χ0v) is 14.8. The first-order valence-electron chi connectivity index (χ1n) is 6.93. The first kappa shape index (κ1) is 16.6. The van der Waals surface area contributed by atoms with Crippen molar-refractivity contribution in [3.63, 3.8) is 0 Å². The number of thiophene rings is 1. The van der Waals surface area contributed by atoms with Gasteiger partial charge in [-0.3, -0.25) is 0 Å². The third-order valence-electron chi connectivity index (χ3n) is 3.18. The molecule has 0 atom stereocenters. The molecule has 0 aliphatic rings. The first-order chi connectivity index (χ1) is 9.95. The van der Waals surface area contributed by atoms with Crippen LogP contribution in [-0.2, 0) is 13.1 Å². The number of benzene rings is 1. The Morgan fingerprint density at radius 1 is 1.19 bits per heavy atom. The molecule has 21 heavy (non-hydrogen) atoms. The molecule has 0 saturated carbocycles. The van der Waals surface area contributed by atoms with Gasteiger partial charge in [0, 0.05) is 35.2 Å². The second kappa shape index (κ2) is 7.50. The van der Waals surface area contributed by atoms with Gasteiger partial charge in [-0.05, 0) is 29.8 Å². The van der Waals surface area contributed by atoms with Crippen molar-refractivity contribution in [1.82, 2.24) is 5.32 Å². The Morgan fingerprint density at radius 2 is 1.95 bits per heavy atom. The van der Waals surface area contributed by atoms with Gasteiger partial charge in [0.05, 0.1) is 10.9 Å². The third kappa shape index (κ3) is 4.89. The van der Waals surface area contributed by atoms with Crippen LogP contribution in [0.4, 0.5) is 5.69 Å². The maximum absolute atomic E-state index is 6.17. The molecule has 0 aliphatic heterocycles. The summed E-state index contributed by atoms with van der Waals surface area (Å²) in [4.78, 5) is 3.45. The molecule has 114 valence electrons. The lowest BCUT2D eigenvalue weighted by Gasteiger charge is -2.23. The van der Waals surface area contributed by atoms with Crippen molar-refractivity contribution in [2.24, 2.45) is 0 Å². The van der Waals surface area contributed by atoms with Crippen LogP contribution in [0.2, 0.25) is 9.36 Å². The zero-order valence-electron chi connectivity index (χ0n) is 12.5. The first-order valence-corrected chi connectivity index (χ1v) is 8.50. The Bertz CT molecular complexity index is 596. The number of rotatable bonds is 6. The Hall–Kier alpha value is -0.740. The summed E-state index contributed by atoms with van der Waals surface area (Å²) in [5.41, 5.74) is 2.40. The average Bonchev–Trinajstić information content (AvgIpc) is 2.82. The van der Waals surface area contributed by atoms with Gasteiger partial charge in [-0.25, -0.2) is 0 Å². The average molecular weight is 343 g/mol. The zero-order chi connectivity index (χ0) is 15.4. The molecule has 1 aromatic carbocycles. The summed E-state index contributed by atoms with van der Waals surface area (Å²) in [7, 11) is 2.08. The molecule has 0 radical (unpaired) electrons. The minimum absolute atomic E-state index is 0.454. The van der Waals surface area contributed by atoms with Crippen LogP contribution in [0.15, 0.2) is 30.3 Å². The number of hydrogen-bond acceptors (Lipinski definition) is 3. The number of halogens is 2. The fourth-order valence-corrected chi connectivity index (χ4v) is 3.42. The van der Waals surface area contributed by atoms with Gasteiger partial charge in [0.15, 0.2) is 0 Å². The number of nitrogens with one attached hydrogen (secondary N) is 1. The van der Waals surface area contributed by atoms with Crippen LogP contribution >= 0.6 is 34.5 Å². The third-order valence-corrected chi connectivity index (χ3v) is 4.63. The van der Waals surface area contributed by atoms with Crippen LogP contribution < -0.4 is 10.2 Å². The number of nitrogens with zero attached hydrogens (tertiary/aromatic N) is 1. The summed E-state index contributed by atoms with van der Waals surface area (Å²) in [5.74, 6) is 0. The normalized spacial score (nSPS) is 11.1. The number of anilines is 1. The molecular formula is C16H20Cl2N2S. The Morgan fingerprint density at radius 3 is 2.57 bits per heavy atom. The van der Waals surface area contributed by atoms with Crippen molar-refractivity contribution in [1.29, 1.82) is 0 Å². The van der Waals surface area contributed by atoms with Gasteiger partial charge in [-0.2, -0.15) is 0 Å². The molecule has 5 heteroatoms. The molecule has 2 rings (SSSR count). The van der Waals surface area contributed by atoms with Gasteiger partial charge in [-0.15, -0.1) is 11.3 Å². The minimum atomic E-state index is 0.454. The van der Waals surface area contributed by atoms with Crippen molar-refractivity contribution in [3.05, 3.63) is 50.1 Å². The van der Waals surface area contributed by atoms with E-state index in [-0.39, 0.29) is 0 Å². The highest BCUT2D eigenvalue weighted by molar-refractivity contribution is 7.16. The molecule has 1 heterocycles. The molecule has 2 nitrogen and oxygen atoms in total. The Labute approximate surface area is 140 Å². The van der Waals surface area contributed by atoms with Crippen LogP contribution in [-0.4, -0.2) is 13.1 Å². The molecule has 0 fully saturated rings. The summed E-state index contributed by atoms with van der Waals surface area (Å²) < 4.78 is 0.825. The highest BCUT2D eigenvalue weighted by Crippen LogP contribution is 2.28. The van der Waals surface area contributed by atoms with Gasteiger partial charge in [-0.1, -0.05) is 43.1 Å². The van der Waals surface area contributed by atoms with E-state index in [1.165, 1.54) is 10.4 Å². The lowest BCUT2D eigenvalue weighted by atomic mass is 10.1. The van der Waals surface area contributed by atoms with Crippen LogP contribution in [0, 0.1) is 0 Å². The van der Waals surface area contributed by atoms with Crippen molar-refractivity contribution in [2.45, 2.75) is 33.0 Å². The molecule has 2 aromatic rings. The maximum Gasteiger partial charge on any atom is 0.0931 e. The van der Waals surface area contributed by atoms with Gasteiger partial charge in [0.1, 0.15) is 0 Å². The minimum Gasteiger partial charge on any atom is -0.369 e. The van der Waals surface area contributed by atoms with E-state index in [1.807, 2.05) is 18.2 Å². The Balaban J connectivity index is 2.17. The quantitative estimate of drug-likeness (QED) is 0.776. The van der Waals surface area contributed by atoms with E-state index >= 15 is 0 Å². The predicted molar refractivity (Wildman–Crippen MR) is 94.9 cm³/mol. The number of hydrogen-bond donors (Lipinski definition) is 1. The van der Waals surface area contributed by atoms with Crippen molar-refractivity contribution in [2.75, 3.05) is 11.9 Å². The van der Waals surface area contributed by atoms with Crippen molar-refractivity contribution in [3.8, 4) is 0 Å². The van der Waals surface area contributed by atoms with Gasteiger partial charge >= 0.3 is 0 Å². The summed E-state index contributed by atoms with van der Waals surface area (Å²) in [6.45, 7) is 5.95. The lowest BCUT2D eigenvalue weighted by Crippen LogP contribution is -2.24. The van der Waals surface area contributed by atoms with E-state index in [4.69, 9.17) is 23.2 Å². The van der Waals surface area contributed by atoms with Crippen LogP contribution in [0.5, 0.6) is 0 Å². The van der Waals surface area contributed by atoms with E-state index in [2.05, 4.69) is 43.2 Å².